The number of fused-ring (bicyclic) bond motifs is 1. The average Bonchev–Trinajstić information content (AvgIpc) is 2.86. The third-order valence-electron chi connectivity index (χ3n) is 3.73. The lowest BCUT2D eigenvalue weighted by atomic mass is 10.1. The van der Waals surface area contributed by atoms with Crippen molar-refractivity contribution in [1.29, 1.82) is 0 Å². The summed E-state index contributed by atoms with van der Waals surface area (Å²) in [5.41, 5.74) is 7.47. The molecule has 4 nitrogen and oxygen atoms in total. The molecule has 0 spiro atoms. The highest BCUT2D eigenvalue weighted by atomic mass is 16.1. The highest BCUT2D eigenvalue weighted by Crippen LogP contribution is 2.27. The first-order chi connectivity index (χ1) is 9.24. The van der Waals surface area contributed by atoms with E-state index in [0.717, 1.165) is 35.9 Å². The van der Waals surface area contributed by atoms with Crippen molar-refractivity contribution in [2.24, 2.45) is 11.7 Å². The zero-order chi connectivity index (χ0) is 13.2. The quantitative estimate of drug-likeness (QED) is 0.865. The van der Waals surface area contributed by atoms with Crippen LogP contribution in [0.4, 0.5) is 5.69 Å². The molecule has 0 saturated heterocycles. The van der Waals surface area contributed by atoms with Gasteiger partial charge < -0.3 is 11.1 Å². The first-order valence-electron chi connectivity index (χ1n) is 6.64. The molecule has 19 heavy (non-hydrogen) atoms. The summed E-state index contributed by atoms with van der Waals surface area (Å²) in [7, 11) is 0. The van der Waals surface area contributed by atoms with Crippen LogP contribution in [0, 0.1) is 5.92 Å². The number of pyridine rings is 1. The molecule has 0 bridgehead atoms. The third-order valence-corrected chi connectivity index (χ3v) is 3.73. The lowest BCUT2D eigenvalue weighted by Gasteiger charge is -2.12. The van der Waals surface area contributed by atoms with E-state index in [0.29, 0.717) is 0 Å². The Morgan fingerprint density at radius 2 is 2.11 bits per heavy atom. The molecule has 2 aromatic rings. The van der Waals surface area contributed by atoms with E-state index < -0.39 is 0 Å². The first-order valence-corrected chi connectivity index (χ1v) is 6.64. The number of carbonyl (C=O) groups excluding carboxylic acids is 1. The van der Waals surface area contributed by atoms with Gasteiger partial charge in [-0.2, -0.15) is 0 Å². The minimum absolute atomic E-state index is 0.0361. The van der Waals surface area contributed by atoms with Crippen molar-refractivity contribution in [3.8, 4) is 0 Å². The van der Waals surface area contributed by atoms with Gasteiger partial charge in [0.1, 0.15) is 0 Å². The number of amides is 1. The predicted octanol–water partition coefficient (Wildman–Crippen LogP) is 2.30. The molecule has 0 radical (unpaired) electrons. The Kier molecular flexibility index (Phi) is 3.17. The summed E-state index contributed by atoms with van der Waals surface area (Å²) < 4.78 is 0. The van der Waals surface area contributed by atoms with E-state index >= 15 is 0 Å². The van der Waals surface area contributed by atoms with Gasteiger partial charge in [0, 0.05) is 23.5 Å². The van der Waals surface area contributed by atoms with E-state index in [1.54, 1.807) is 6.20 Å². The second-order valence-electron chi connectivity index (χ2n) is 5.14. The van der Waals surface area contributed by atoms with E-state index in [4.69, 9.17) is 5.73 Å². The molecule has 1 aliphatic carbocycles. The highest BCUT2D eigenvalue weighted by Gasteiger charge is 2.27. The number of nitrogens with two attached hydrogens (primary N) is 1. The van der Waals surface area contributed by atoms with Crippen molar-refractivity contribution < 1.29 is 4.79 Å². The van der Waals surface area contributed by atoms with Crippen LogP contribution in [0.5, 0.6) is 0 Å². The molecule has 1 fully saturated rings. The number of aromatic nitrogens is 1. The van der Waals surface area contributed by atoms with Crippen LogP contribution in [0.15, 0.2) is 36.5 Å². The van der Waals surface area contributed by atoms with Crippen LogP contribution in [-0.2, 0) is 4.79 Å². The van der Waals surface area contributed by atoms with E-state index in [-0.39, 0.29) is 17.9 Å². The Morgan fingerprint density at radius 3 is 2.89 bits per heavy atom. The van der Waals surface area contributed by atoms with Crippen LogP contribution in [-0.4, -0.2) is 16.9 Å². The van der Waals surface area contributed by atoms with Gasteiger partial charge >= 0.3 is 0 Å². The monoisotopic (exact) mass is 255 g/mol. The summed E-state index contributed by atoms with van der Waals surface area (Å²) in [6, 6.07) is 9.86. The standard InChI is InChI=1S/C15H17N3O/c16-12-7-6-11(9-12)15(19)18-13-5-1-3-10-4-2-8-17-14(10)13/h1-5,8,11-12H,6-7,9,16H2,(H,18,19). The molecule has 1 aromatic heterocycles. The van der Waals surface area contributed by atoms with E-state index in [2.05, 4.69) is 10.3 Å². The van der Waals surface area contributed by atoms with Crippen LogP contribution in [0.25, 0.3) is 10.9 Å². The zero-order valence-corrected chi connectivity index (χ0v) is 10.7. The third kappa shape index (κ3) is 2.44. The number of hydrogen-bond acceptors (Lipinski definition) is 3. The molecule has 3 N–H and O–H groups in total. The van der Waals surface area contributed by atoms with Gasteiger partial charge in [-0.1, -0.05) is 18.2 Å². The van der Waals surface area contributed by atoms with Gasteiger partial charge in [0.25, 0.3) is 0 Å². The van der Waals surface area contributed by atoms with Gasteiger partial charge in [-0.3, -0.25) is 9.78 Å². The van der Waals surface area contributed by atoms with Gasteiger partial charge in [-0.05, 0) is 31.4 Å². The zero-order valence-electron chi connectivity index (χ0n) is 10.7. The molecular weight excluding hydrogens is 238 g/mol. The summed E-state index contributed by atoms with van der Waals surface area (Å²) in [5, 5.41) is 4.02. The molecule has 0 aliphatic heterocycles. The van der Waals surface area contributed by atoms with Crippen molar-refractivity contribution in [2.75, 3.05) is 5.32 Å². The number of anilines is 1. The summed E-state index contributed by atoms with van der Waals surface area (Å²) in [6.45, 7) is 0. The number of para-hydroxylation sites is 1. The van der Waals surface area contributed by atoms with E-state index in [1.165, 1.54) is 0 Å². The number of nitrogens with one attached hydrogen (secondary N) is 1. The molecule has 1 heterocycles. The average molecular weight is 255 g/mol. The second-order valence-corrected chi connectivity index (χ2v) is 5.14. The number of rotatable bonds is 2. The lowest BCUT2D eigenvalue weighted by Crippen LogP contribution is -2.23. The van der Waals surface area contributed by atoms with Crippen LogP contribution in [0.3, 0.4) is 0 Å². The van der Waals surface area contributed by atoms with E-state index in [1.807, 2.05) is 30.3 Å². The molecule has 1 aromatic carbocycles. The smallest absolute Gasteiger partial charge is 0.227 e. The Bertz CT molecular complexity index is 606. The number of carbonyl (C=O) groups is 1. The Morgan fingerprint density at radius 1 is 1.26 bits per heavy atom. The van der Waals surface area contributed by atoms with Crippen molar-refractivity contribution >= 4 is 22.5 Å². The minimum atomic E-state index is 0.0361. The Labute approximate surface area is 112 Å². The lowest BCUT2D eigenvalue weighted by molar-refractivity contribution is -0.119. The predicted molar refractivity (Wildman–Crippen MR) is 75.7 cm³/mol. The molecule has 1 aliphatic rings. The summed E-state index contributed by atoms with van der Waals surface area (Å²) in [5.74, 6) is 0.0973. The van der Waals surface area contributed by atoms with Gasteiger partial charge in [0.2, 0.25) is 5.91 Å². The van der Waals surface area contributed by atoms with Crippen molar-refractivity contribution in [2.45, 2.75) is 25.3 Å². The van der Waals surface area contributed by atoms with Crippen molar-refractivity contribution in [3.05, 3.63) is 36.5 Å². The minimum Gasteiger partial charge on any atom is -0.328 e. The number of benzene rings is 1. The van der Waals surface area contributed by atoms with Gasteiger partial charge in [-0.15, -0.1) is 0 Å². The van der Waals surface area contributed by atoms with Gasteiger partial charge in [0.05, 0.1) is 11.2 Å². The Hall–Kier alpha value is -1.94. The largest absolute Gasteiger partial charge is 0.328 e. The normalized spacial score (nSPS) is 22.6. The van der Waals surface area contributed by atoms with Crippen LogP contribution >= 0.6 is 0 Å². The number of hydrogen-bond donors (Lipinski definition) is 2. The molecule has 98 valence electrons. The van der Waals surface area contributed by atoms with Gasteiger partial charge in [0.15, 0.2) is 0 Å². The maximum atomic E-state index is 12.2. The number of nitrogens with zero attached hydrogens (tertiary/aromatic N) is 1. The maximum Gasteiger partial charge on any atom is 0.227 e. The molecule has 1 amide bonds. The first kappa shape index (κ1) is 12.1. The second kappa shape index (κ2) is 4.97. The van der Waals surface area contributed by atoms with E-state index in [9.17, 15) is 4.79 Å². The van der Waals surface area contributed by atoms with Crippen LogP contribution in [0.2, 0.25) is 0 Å². The Balaban J connectivity index is 1.83. The summed E-state index contributed by atoms with van der Waals surface area (Å²) >= 11 is 0. The topological polar surface area (TPSA) is 68.0 Å². The van der Waals surface area contributed by atoms with Crippen LogP contribution in [0.1, 0.15) is 19.3 Å². The molecule has 3 rings (SSSR count). The molecule has 1 saturated carbocycles. The molecular formula is C15H17N3O. The highest BCUT2D eigenvalue weighted by molar-refractivity contribution is 6.01. The van der Waals surface area contributed by atoms with Crippen molar-refractivity contribution in [1.82, 2.24) is 4.98 Å². The van der Waals surface area contributed by atoms with Gasteiger partial charge in [-0.25, -0.2) is 0 Å². The van der Waals surface area contributed by atoms with Crippen molar-refractivity contribution in [3.63, 3.8) is 0 Å². The molecule has 2 unspecified atom stereocenters. The fourth-order valence-electron chi connectivity index (χ4n) is 2.69. The summed E-state index contributed by atoms with van der Waals surface area (Å²) in [4.78, 5) is 16.5. The van der Waals surface area contributed by atoms with Crippen LogP contribution < -0.4 is 11.1 Å². The SMILES string of the molecule is NC1CCC(C(=O)Nc2cccc3cccnc23)C1. The molecule has 4 heteroatoms. The fraction of sp³-hybridized carbons (Fsp3) is 0.333. The fourth-order valence-corrected chi connectivity index (χ4v) is 2.69. The maximum absolute atomic E-state index is 12.2. The molecule has 2 atom stereocenters. The summed E-state index contributed by atoms with van der Waals surface area (Å²) in [6.07, 6.45) is 4.34.